The van der Waals surface area contributed by atoms with Crippen LogP contribution in [0, 0.1) is 23.2 Å². The van der Waals surface area contributed by atoms with E-state index in [0.717, 1.165) is 50.5 Å². The van der Waals surface area contributed by atoms with Crippen LogP contribution in [0.3, 0.4) is 0 Å². The van der Waals surface area contributed by atoms with Crippen LogP contribution in [0.5, 0.6) is 0 Å². The van der Waals surface area contributed by atoms with E-state index in [2.05, 4.69) is 48.5 Å². The first-order chi connectivity index (χ1) is 16.4. The first-order valence-corrected chi connectivity index (χ1v) is 14.2. The molecule has 35 heavy (non-hydrogen) atoms. The number of hydrogen-bond donors (Lipinski definition) is 2. The minimum Gasteiger partial charge on any atom is -0.461 e. The summed E-state index contributed by atoms with van der Waals surface area (Å²) in [6.07, 6.45) is 11.4. The van der Waals surface area contributed by atoms with Crippen LogP contribution in [0.1, 0.15) is 85.5 Å². The van der Waals surface area contributed by atoms with Crippen LogP contribution in [0.2, 0.25) is 0 Å². The van der Waals surface area contributed by atoms with Crippen molar-refractivity contribution in [2.45, 2.75) is 103 Å². The molecule has 6 heteroatoms. The molecule has 0 aromatic carbocycles. The largest absolute Gasteiger partial charge is 0.461 e. The van der Waals surface area contributed by atoms with Gasteiger partial charge in [0, 0.05) is 12.8 Å². The number of aliphatic hydroxyl groups is 2. The van der Waals surface area contributed by atoms with Crippen LogP contribution in [0.15, 0.2) is 35.5 Å². The third-order valence-electron chi connectivity index (χ3n) is 8.80. The van der Waals surface area contributed by atoms with Gasteiger partial charge in [0.05, 0.1) is 5.60 Å². The number of Topliss-reactive ketones (excluding diaryl/α,β-unsaturated/α-hetero) is 1. The summed E-state index contributed by atoms with van der Waals surface area (Å²) < 4.78 is 5.56. The highest BCUT2D eigenvalue weighted by Crippen LogP contribution is 2.59. The van der Waals surface area contributed by atoms with E-state index in [1.54, 1.807) is 0 Å². The van der Waals surface area contributed by atoms with Crippen molar-refractivity contribution in [1.82, 2.24) is 0 Å². The Labute approximate surface area is 219 Å². The molecule has 6 atom stereocenters. The summed E-state index contributed by atoms with van der Waals surface area (Å²) in [5.41, 5.74) is 2.52. The van der Waals surface area contributed by atoms with E-state index in [4.69, 9.17) is 4.74 Å². The molecule has 0 bridgehead atoms. The smallest absolute Gasteiger partial charge is 0.316 e. The third kappa shape index (κ3) is 6.56. The van der Waals surface area contributed by atoms with Crippen molar-refractivity contribution in [3.63, 3.8) is 0 Å². The predicted molar refractivity (Wildman–Crippen MR) is 142 cm³/mol. The highest BCUT2D eigenvalue weighted by Gasteiger charge is 2.51. The molecule has 0 aromatic rings. The first kappa shape index (κ1) is 28.3. The Morgan fingerprint density at radius 2 is 1.97 bits per heavy atom. The molecule has 0 amide bonds. The Bertz CT molecular complexity index is 882. The van der Waals surface area contributed by atoms with E-state index in [0.29, 0.717) is 24.7 Å². The normalized spacial score (nSPS) is 33.5. The number of carbonyl (C=O) groups is 2. The van der Waals surface area contributed by atoms with E-state index >= 15 is 0 Å². The molecule has 0 heterocycles. The number of carbonyl (C=O) groups excluding carboxylic acids is 2. The molecule has 0 aliphatic heterocycles. The van der Waals surface area contributed by atoms with Crippen LogP contribution < -0.4 is 0 Å². The summed E-state index contributed by atoms with van der Waals surface area (Å²) in [5, 5.41) is 20.5. The number of ether oxygens (including phenoxy) is 1. The summed E-state index contributed by atoms with van der Waals surface area (Å²) in [6.45, 7) is 11.7. The van der Waals surface area contributed by atoms with Crippen LogP contribution in [-0.4, -0.2) is 45.1 Å². The molecular weight excluding hydrogens is 508 g/mol. The predicted octanol–water partition coefficient (Wildman–Crippen LogP) is 5.83. The zero-order chi connectivity index (χ0) is 26.0. The minimum absolute atomic E-state index is 0.0830. The molecule has 2 unspecified atom stereocenters. The van der Waals surface area contributed by atoms with Gasteiger partial charge in [-0.05, 0) is 87.5 Å². The average molecular weight is 552 g/mol. The first-order valence-electron chi connectivity index (χ1n) is 13.1. The van der Waals surface area contributed by atoms with E-state index in [9.17, 15) is 19.8 Å². The zero-order valence-electron chi connectivity index (χ0n) is 21.8. The van der Waals surface area contributed by atoms with Crippen molar-refractivity contribution in [2.75, 3.05) is 5.33 Å². The lowest BCUT2D eigenvalue weighted by Crippen LogP contribution is -2.43. The number of rotatable bonds is 8. The second kappa shape index (κ2) is 11.4. The summed E-state index contributed by atoms with van der Waals surface area (Å²) in [6, 6.07) is 0. The van der Waals surface area contributed by atoms with Crippen molar-refractivity contribution in [1.29, 1.82) is 0 Å². The van der Waals surface area contributed by atoms with E-state index in [-0.39, 0.29) is 34.5 Å². The molecule has 3 aliphatic rings. The van der Waals surface area contributed by atoms with Gasteiger partial charge in [0.1, 0.15) is 17.5 Å². The average Bonchev–Trinajstić information content (AvgIpc) is 3.15. The summed E-state index contributed by atoms with van der Waals surface area (Å²) in [7, 11) is 0. The molecule has 3 rings (SSSR count). The summed E-state index contributed by atoms with van der Waals surface area (Å²) in [5.74, 6) is 0.589. The van der Waals surface area contributed by atoms with Gasteiger partial charge in [-0.25, -0.2) is 0 Å². The van der Waals surface area contributed by atoms with Gasteiger partial charge >= 0.3 is 5.97 Å². The van der Waals surface area contributed by atoms with Crippen LogP contribution in [-0.2, 0) is 14.3 Å². The van der Waals surface area contributed by atoms with Crippen molar-refractivity contribution in [3.05, 3.63) is 35.5 Å². The molecule has 0 spiro atoms. The minimum atomic E-state index is -1.41. The van der Waals surface area contributed by atoms with Crippen molar-refractivity contribution < 1.29 is 24.5 Å². The SMILES string of the molecule is C=C1CC[C@H](OC(=O)CBr)CC1=CC=C1CCC[C@@]2(C)C1CC[C@@H]2[C@H](C)CC(=O)C(O)C(C)(C)O. The monoisotopic (exact) mass is 550 g/mol. The Morgan fingerprint density at radius 1 is 1.26 bits per heavy atom. The number of esters is 1. The lowest BCUT2D eigenvalue weighted by atomic mass is 9.60. The maximum atomic E-state index is 12.6. The highest BCUT2D eigenvalue weighted by molar-refractivity contribution is 9.09. The van der Waals surface area contributed by atoms with Crippen LogP contribution in [0.4, 0.5) is 0 Å². The van der Waals surface area contributed by atoms with Gasteiger partial charge in [0.15, 0.2) is 5.78 Å². The van der Waals surface area contributed by atoms with Crippen molar-refractivity contribution in [3.8, 4) is 0 Å². The summed E-state index contributed by atoms with van der Waals surface area (Å²) in [4.78, 5) is 24.3. The third-order valence-corrected chi connectivity index (χ3v) is 9.26. The molecule has 3 fully saturated rings. The Hall–Kier alpha value is -1.24. The second-order valence-electron chi connectivity index (χ2n) is 11.8. The molecule has 0 saturated heterocycles. The van der Waals surface area contributed by atoms with E-state index in [1.165, 1.54) is 25.0 Å². The quantitative estimate of drug-likeness (QED) is 0.293. The standard InChI is InChI=1S/C29H43BrO5/c1-18-8-11-22(35-26(32)17-30)16-21(18)10-9-20-7-6-14-29(5)23(12-13-24(20)29)19(2)15-25(31)27(33)28(3,4)34/h9-10,19,22-24,27,33-34H,1,6-8,11-17H2,2-5H3/t19-,22+,23-,24?,27?,29-/m1/s1. The van der Waals surface area contributed by atoms with Gasteiger partial charge in [0.25, 0.3) is 0 Å². The summed E-state index contributed by atoms with van der Waals surface area (Å²) >= 11 is 3.17. The van der Waals surface area contributed by atoms with E-state index < -0.39 is 11.7 Å². The van der Waals surface area contributed by atoms with Gasteiger partial charge in [-0.3, -0.25) is 9.59 Å². The molecule has 0 radical (unpaired) electrons. The number of alkyl halides is 1. The Kier molecular flexibility index (Phi) is 9.26. The lowest BCUT2D eigenvalue weighted by molar-refractivity contribution is -0.146. The number of aliphatic hydroxyl groups excluding tert-OH is 1. The molecule has 3 saturated carbocycles. The van der Waals surface area contributed by atoms with Crippen molar-refractivity contribution >= 4 is 27.7 Å². The van der Waals surface area contributed by atoms with Crippen LogP contribution >= 0.6 is 15.9 Å². The Morgan fingerprint density at radius 3 is 2.63 bits per heavy atom. The number of ketones is 1. The van der Waals surface area contributed by atoms with Gasteiger partial charge in [-0.15, -0.1) is 0 Å². The number of allylic oxidation sites excluding steroid dienone is 4. The number of halogens is 1. The molecule has 196 valence electrons. The lowest BCUT2D eigenvalue weighted by Gasteiger charge is -2.44. The number of hydrogen-bond acceptors (Lipinski definition) is 5. The van der Waals surface area contributed by atoms with Gasteiger partial charge in [-0.1, -0.05) is 59.7 Å². The van der Waals surface area contributed by atoms with Gasteiger partial charge in [0.2, 0.25) is 0 Å². The molecule has 0 aromatic heterocycles. The highest BCUT2D eigenvalue weighted by atomic mass is 79.9. The fourth-order valence-corrected chi connectivity index (χ4v) is 7.01. The fraction of sp³-hybridized carbons (Fsp3) is 0.724. The molecule has 2 N–H and O–H groups in total. The van der Waals surface area contributed by atoms with E-state index in [1.807, 2.05) is 0 Å². The van der Waals surface area contributed by atoms with Gasteiger partial charge in [-0.2, -0.15) is 0 Å². The Balaban J connectivity index is 1.72. The second-order valence-corrected chi connectivity index (χ2v) is 12.4. The maximum Gasteiger partial charge on any atom is 0.316 e. The van der Waals surface area contributed by atoms with Crippen molar-refractivity contribution in [2.24, 2.45) is 23.2 Å². The molecular formula is C29H43BrO5. The zero-order valence-corrected chi connectivity index (χ0v) is 23.4. The molecule has 3 aliphatic carbocycles. The van der Waals surface area contributed by atoms with Gasteiger partial charge < -0.3 is 14.9 Å². The topological polar surface area (TPSA) is 83.8 Å². The fourth-order valence-electron chi connectivity index (χ4n) is 6.88. The van der Waals surface area contributed by atoms with Crippen LogP contribution in [0.25, 0.3) is 0 Å². The maximum absolute atomic E-state index is 12.6. The number of fused-ring (bicyclic) bond motifs is 1. The molecule has 5 nitrogen and oxygen atoms in total.